The first-order chi connectivity index (χ1) is 15.3. The van der Waals surface area contributed by atoms with Gasteiger partial charge in [-0.1, -0.05) is 29.7 Å². The fraction of sp³-hybridized carbons (Fsp3) is 0.208. The zero-order valence-electron chi connectivity index (χ0n) is 17.5. The van der Waals surface area contributed by atoms with E-state index in [1.807, 2.05) is 13.0 Å². The van der Waals surface area contributed by atoms with Gasteiger partial charge in [0.15, 0.2) is 11.5 Å². The minimum atomic E-state index is -3.78. The first-order valence-electron chi connectivity index (χ1n) is 9.82. The average molecular weight is 468 g/mol. The molecular formula is C24H21NO5S2. The molecule has 0 saturated carbocycles. The summed E-state index contributed by atoms with van der Waals surface area (Å²) in [6.45, 7) is 1.97. The molecule has 164 valence electrons. The van der Waals surface area contributed by atoms with Gasteiger partial charge in [0, 0.05) is 22.6 Å². The van der Waals surface area contributed by atoms with Gasteiger partial charge in [-0.15, -0.1) is 17.8 Å². The number of thiophene rings is 1. The van der Waals surface area contributed by atoms with Crippen molar-refractivity contribution in [2.45, 2.75) is 29.1 Å². The van der Waals surface area contributed by atoms with Gasteiger partial charge in [-0.25, -0.2) is 8.42 Å². The third kappa shape index (κ3) is 3.97. The lowest BCUT2D eigenvalue weighted by atomic mass is 9.90. The van der Waals surface area contributed by atoms with Gasteiger partial charge in [0.25, 0.3) is 0 Å². The van der Waals surface area contributed by atoms with E-state index in [1.54, 1.807) is 41.8 Å². The third-order valence-corrected chi connectivity index (χ3v) is 8.32. The number of benzene rings is 2. The molecule has 3 aromatic rings. The molecule has 2 heterocycles. The Morgan fingerprint density at radius 2 is 1.94 bits per heavy atom. The van der Waals surface area contributed by atoms with Crippen LogP contribution in [0.5, 0.6) is 11.5 Å². The quantitative estimate of drug-likeness (QED) is 0.544. The number of nitrogens with one attached hydrogen (secondary N) is 1. The molecule has 32 heavy (non-hydrogen) atoms. The Morgan fingerprint density at radius 3 is 2.62 bits per heavy atom. The van der Waals surface area contributed by atoms with Gasteiger partial charge in [-0.2, -0.15) is 0 Å². The number of hydrogen-bond acceptors (Lipinski definition) is 6. The van der Waals surface area contributed by atoms with E-state index in [2.05, 4.69) is 11.2 Å². The van der Waals surface area contributed by atoms with Crippen LogP contribution in [0.2, 0.25) is 0 Å². The molecule has 0 unspecified atom stereocenters. The van der Waals surface area contributed by atoms with Crippen LogP contribution in [0.4, 0.5) is 5.69 Å². The van der Waals surface area contributed by atoms with Gasteiger partial charge in [0.1, 0.15) is 11.5 Å². The number of aryl methyl sites for hydroxylation is 1. The van der Waals surface area contributed by atoms with E-state index in [4.69, 9.17) is 15.9 Å². The van der Waals surface area contributed by atoms with Crippen molar-refractivity contribution >= 4 is 32.8 Å². The minimum Gasteiger partial charge on any atom is -0.493 e. The second-order valence-electron chi connectivity index (χ2n) is 7.36. The summed E-state index contributed by atoms with van der Waals surface area (Å²) in [6, 6.07) is 12.1. The number of carbonyl (C=O) groups excluding carboxylic acids is 1. The molecule has 1 aliphatic rings. The van der Waals surface area contributed by atoms with Crippen LogP contribution in [0, 0.1) is 19.3 Å². The molecule has 4 rings (SSSR count). The molecule has 0 saturated heterocycles. The second kappa shape index (κ2) is 8.69. The largest absolute Gasteiger partial charge is 0.493 e. The monoisotopic (exact) mass is 467 g/mol. The van der Waals surface area contributed by atoms with Crippen molar-refractivity contribution in [3.63, 3.8) is 0 Å². The molecular weight excluding hydrogens is 446 g/mol. The molecule has 1 aliphatic heterocycles. The van der Waals surface area contributed by atoms with Crippen LogP contribution in [-0.2, 0) is 14.6 Å². The van der Waals surface area contributed by atoms with Gasteiger partial charge in [-0.3, -0.25) is 4.79 Å². The highest BCUT2D eigenvalue weighted by Crippen LogP contribution is 2.47. The maximum absolute atomic E-state index is 13.3. The summed E-state index contributed by atoms with van der Waals surface area (Å²) in [4.78, 5) is 13.6. The van der Waals surface area contributed by atoms with E-state index in [9.17, 15) is 13.2 Å². The van der Waals surface area contributed by atoms with Gasteiger partial charge in [-0.05, 0) is 36.8 Å². The topological polar surface area (TPSA) is 81.7 Å². The lowest BCUT2D eigenvalue weighted by Crippen LogP contribution is -2.23. The smallest absolute Gasteiger partial charge is 0.225 e. The van der Waals surface area contributed by atoms with Crippen LogP contribution in [-0.4, -0.2) is 28.0 Å². The summed E-state index contributed by atoms with van der Waals surface area (Å²) in [5.74, 6) is 2.86. The number of hydrogen-bond donors (Lipinski definition) is 1. The first-order valence-corrected chi connectivity index (χ1v) is 12.2. The molecule has 0 radical (unpaired) electrons. The van der Waals surface area contributed by atoms with Gasteiger partial charge in [0.2, 0.25) is 15.7 Å². The van der Waals surface area contributed by atoms with Crippen molar-refractivity contribution in [1.29, 1.82) is 0 Å². The third-order valence-electron chi connectivity index (χ3n) is 5.28. The molecule has 1 N–H and O–H groups in total. The number of amides is 1. The summed E-state index contributed by atoms with van der Waals surface area (Å²) < 4.78 is 37.5. The highest BCUT2D eigenvalue weighted by Gasteiger charge is 2.34. The predicted molar refractivity (Wildman–Crippen MR) is 123 cm³/mol. The van der Waals surface area contributed by atoms with Crippen molar-refractivity contribution in [2.24, 2.45) is 0 Å². The molecule has 0 aliphatic carbocycles. The zero-order chi connectivity index (χ0) is 22.9. The summed E-state index contributed by atoms with van der Waals surface area (Å²) in [6.07, 6.45) is 5.50. The van der Waals surface area contributed by atoms with E-state index in [0.29, 0.717) is 17.2 Å². The summed E-state index contributed by atoms with van der Waals surface area (Å²) in [7, 11) is -2.25. The lowest BCUT2D eigenvalue weighted by Gasteiger charge is -2.24. The highest BCUT2D eigenvalue weighted by molar-refractivity contribution is 7.91. The Hall–Kier alpha value is -3.28. The molecule has 1 atom stereocenters. The molecule has 2 aromatic carbocycles. The predicted octanol–water partition coefficient (Wildman–Crippen LogP) is 4.38. The molecule has 0 fully saturated rings. The van der Waals surface area contributed by atoms with Crippen molar-refractivity contribution in [1.82, 2.24) is 0 Å². The Kier molecular flexibility index (Phi) is 5.96. The van der Waals surface area contributed by atoms with E-state index in [-0.39, 0.29) is 34.6 Å². The first kappa shape index (κ1) is 21.9. The fourth-order valence-electron chi connectivity index (χ4n) is 3.66. The van der Waals surface area contributed by atoms with Crippen molar-refractivity contribution in [3.8, 4) is 23.8 Å². The Bertz CT molecular complexity index is 1320. The molecule has 1 aromatic heterocycles. The number of terminal acetylenes is 1. The highest BCUT2D eigenvalue weighted by atomic mass is 32.2. The number of fused-ring (bicyclic) bond motifs is 1. The maximum Gasteiger partial charge on any atom is 0.225 e. The molecule has 8 heteroatoms. The number of carbonyl (C=O) groups is 1. The Morgan fingerprint density at radius 1 is 1.19 bits per heavy atom. The van der Waals surface area contributed by atoms with E-state index in [0.717, 1.165) is 16.0 Å². The van der Waals surface area contributed by atoms with E-state index in [1.165, 1.54) is 18.4 Å². The van der Waals surface area contributed by atoms with Gasteiger partial charge < -0.3 is 14.8 Å². The Labute approximate surface area is 191 Å². The standard InChI is InChI=1S/C24H21NO5S2/c1-4-11-30-20-12-16(7-10-19(20)29-3)18-13-22(26)25-23-21(14-31-24(18)23)32(27,28)17-8-5-15(2)6-9-17/h1,5-10,12,14,18H,11,13H2,2-3H3,(H,25,26)/t18-/m0/s1. The number of sulfone groups is 1. The average Bonchev–Trinajstić information content (AvgIpc) is 3.21. The summed E-state index contributed by atoms with van der Waals surface area (Å²) in [5.41, 5.74) is 2.13. The van der Waals surface area contributed by atoms with Crippen molar-refractivity contribution in [2.75, 3.05) is 19.0 Å². The molecule has 0 bridgehead atoms. The van der Waals surface area contributed by atoms with Crippen LogP contribution >= 0.6 is 11.3 Å². The summed E-state index contributed by atoms with van der Waals surface area (Å²) >= 11 is 1.32. The molecule has 0 spiro atoms. The number of methoxy groups -OCH3 is 1. The normalized spacial score (nSPS) is 15.4. The zero-order valence-corrected chi connectivity index (χ0v) is 19.2. The molecule has 1 amide bonds. The second-order valence-corrected chi connectivity index (χ2v) is 10.2. The minimum absolute atomic E-state index is 0.0775. The van der Waals surface area contributed by atoms with E-state index >= 15 is 0 Å². The van der Waals surface area contributed by atoms with Crippen LogP contribution in [0.3, 0.4) is 0 Å². The number of ether oxygens (including phenoxy) is 2. The van der Waals surface area contributed by atoms with Crippen molar-refractivity contribution < 1.29 is 22.7 Å². The van der Waals surface area contributed by atoms with Crippen molar-refractivity contribution in [3.05, 3.63) is 63.8 Å². The van der Waals surface area contributed by atoms with Crippen LogP contribution < -0.4 is 14.8 Å². The van der Waals surface area contributed by atoms with Crippen LogP contribution in [0.15, 0.2) is 57.6 Å². The van der Waals surface area contributed by atoms with Gasteiger partial charge in [0.05, 0.1) is 17.7 Å². The Balaban J connectivity index is 1.78. The maximum atomic E-state index is 13.3. The van der Waals surface area contributed by atoms with E-state index < -0.39 is 9.84 Å². The summed E-state index contributed by atoms with van der Waals surface area (Å²) in [5, 5.41) is 4.37. The van der Waals surface area contributed by atoms with Crippen LogP contribution in [0.1, 0.15) is 28.3 Å². The number of rotatable bonds is 6. The fourth-order valence-corrected chi connectivity index (χ4v) is 6.57. The molecule has 6 nitrogen and oxygen atoms in total. The van der Waals surface area contributed by atoms with Crippen LogP contribution in [0.25, 0.3) is 0 Å². The van der Waals surface area contributed by atoms with Gasteiger partial charge >= 0.3 is 0 Å². The lowest BCUT2D eigenvalue weighted by molar-refractivity contribution is -0.116. The number of anilines is 1. The SMILES string of the molecule is C#CCOc1cc([C@@H]2CC(=O)Nc3c(S(=O)(=O)c4ccc(C)cc4)csc32)ccc1OC.